The predicted octanol–water partition coefficient (Wildman–Crippen LogP) is -0.0130. The molecule has 3 saturated heterocycles. The molecule has 3 atom stereocenters. The maximum Gasteiger partial charge on any atom is 0.252 e. The molecular weight excluding hydrogens is 422 g/mol. The fourth-order valence-electron chi connectivity index (χ4n) is 5.72. The van der Waals surface area contributed by atoms with Crippen molar-refractivity contribution in [2.45, 2.75) is 49.4 Å². The maximum atomic E-state index is 13.7. The molecule has 1 saturated carbocycles. The van der Waals surface area contributed by atoms with Crippen molar-refractivity contribution in [2.24, 2.45) is 5.73 Å². The largest absolute Gasteiger partial charge is 0.369 e. The maximum absolute atomic E-state index is 13.7. The number of likely N-dealkylation sites (N-methyl/N-ethyl adjacent to an activating group) is 1. The number of carbonyl (C=O) groups excluding carboxylic acids is 3. The number of fused-ring (bicyclic) bond motifs is 1. The number of anilines is 1. The Labute approximate surface area is 194 Å². The zero-order valence-electron chi connectivity index (χ0n) is 19.2. The summed E-state index contributed by atoms with van der Waals surface area (Å²) in [6, 6.07) is 6.58. The number of carbonyl (C=O) groups is 3. The van der Waals surface area contributed by atoms with E-state index in [1.807, 2.05) is 24.3 Å². The molecule has 4 fully saturated rings. The highest BCUT2D eigenvalue weighted by Crippen LogP contribution is 2.36. The Hall–Kier alpha value is -2.49. The Balaban J connectivity index is 1.30. The van der Waals surface area contributed by atoms with Gasteiger partial charge in [0.15, 0.2) is 5.78 Å². The molecule has 1 aliphatic carbocycles. The van der Waals surface area contributed by atoms with Crippen LogP contribution < -0.4 is 16.0 Å². The number of rotatable bonds is 4. The summed E-state index contributed by atoms with van der Waals surface area (Å²) in [5, 5.41) is 3.06. The van der Waals surface area contributed by atoms with Gasteiger partial charge in [0.1, 0.15) is 24.3 Å². The Morgan fingerprint density at radius 2 is 1.76 bits per heavy atom. The fraction of sp³-hybridized carbons (Fsp3) is 0.625. The van der Waals surface area contributed by atoms with E-state index in [4.69, 9.17) is 10.5 Å². The third-order valence-electron chi connectivity index (χ3n) is 7.70. The molecule has 9 nitrogen and oxygen atoms in total. The van der Waals surface area contributed by atoms with Crippen LogP contribution in [-0.2, 0) is 14.3 Å². The minimum Gasteiger partial charge on any atom is -0.369 e. The van der Waals surface area contributed by atoms with Gasteiger partial charge >= 0.3 is 0 Å². The number of nitrogens with zero attached hydrogens (tertiary/aromatic N) is 3. The Bertz CT molecular complexity index is 921. The van der Waals surface area contributed by atoms with Gasteiger partial charge in [0.2, 0.25) is 5.91 Å². The third-order valence-corrected chi connectivity index (χ3v) is 7.70. The summed E-state index contributed by atoms with van der Waals surface area (Å²) in [4.78, 5) is 45.5. The zero-order valence-corrected chi connectivity index (χ0v) is 19.2. The van der Waals surface area contributed by atoms with Crippen LogP contribution in [0.1, 0.15) is 36.0 Å². The average molecular weight is 456 g/mol. The first kappa shape index (κ1) is 22.3. The lowest BCUT2D eigenvalue weighted by molar-refractivity contribution is -0.142. The lowest BCUT2D eigenvalue weighted by Gasteiger charge is -2.35. The number of nitrogens with one attached hydrogen (secondary N) is 1. The summed E-state index contributed by atoms with van der Waals surface area (Å²) >= 11 is 0. The van der Waals surface area contributed by atoms with E-state index in [1.54, 1.807) is 4.90 Å². The summed E-state index contributed by atoms with van der Waals surface area (Å²) in [6.45, 7) is 4.22. The Morgan fingerprint density at radius 3 is 2.42 bits per heavy atom. The van der Waals surface area contributed by atoms with E-state index in [0.29, 0.717) is 18.4 Å². The van der Waals surface area contributed by atoms with Gasteiger partial charge in [0, 0.05) is 44.0 Å². The quantitative estimate of drug-likeness (QED) is 0.657. The molecular formula is C24H33N5O4. The monoisotopic (exact) mass is 455 g/mol. The van der Waals surface area contributed by atoms with E-state index in [1.165, 1.54) is 0 Å². The van der Waals surface area contributed by atoms with Crippen LogP contribution in [0.4, 0.5) is 5.69 Å². The van der Waals surface area contributed by atoms with Crippen molar-refractivity contribution >= 4 is 23.3 Å². The summed E-state index contributed by atoms with van der Waals surface area (Å²) in [7, 11) is 2.12. The van der Waals surface area contributed by atoms with E-state index in [-0.39, 0.29) is 36.8 Å². The molecule has 1 aromatic rings. The molecule has 0 radical (unpaired) electrons. The number of ether oxygens (including phenoxy) is 1. The van der Waals surface area contributed by atoms with Crippen molar-refractivity contribution in [1.29, 1.82) is 0 Å². The molecule has 3 heterocycles. The lowest BCUT2D eigenvalue weighted by Crippen LogP contribution is -2.60. The topological polar surface area (TPSA) is 108 Å². The van der Waals surface area contributed by atoms with Gasteiger partial charge in [-0.15, -0.1) is 0 Å². The number of Topliss-reactive ketones (excluding diaryl/α,β-unsaturated/α-hetero) is 1. The van der Waals surface area contributed by atoms with Gasteiger partial charge in [-0.3, -0.25) is 14.4 Å². The molecule has 0 unspecified atom stereocenters. The molecule has 1 aromatic carbocycles. The van der Waals surface area contributed by atoms with Crippen LogP contribution in [0.15, 0.2) is 24.3 Å². The number of benzene rings is 1. The summed E-state index contributed by atoms with van der Waals surface area (Å²) in [5.74, 6) is -0.575. The molecule has 5 rings (SSSR count). The van der Waals surface area contributed by atoms with Crippen LogP contribution in [0, 0.1) is 0 Å². The van der Waals surface area contributed by atoms with Gasteiger partial charge < -0.3 is 30.5 Å². The minimum absolute atomic E-state index is 0.00811. The van der Waals surface area contributed by atoms with E-state index in [0.717, 1.165) is 44.7 Å². The highest BCUT2D eigenvalue weighted by atomic mass is 16.5. The second kappa shape index (κ2) is 8.70. The molecule has 0 spiro atoms. The first-order chi connectivity index (χ1) is 15.9. The summed E-state index contributed by atoms with van der Waals surface area (Å²) in [6.07, 6.45) is 2.39. The summed E-state index contributed by atoms with van der Waals surface area (Å²) < 4.78 is 5.53. The molecule has 0 bridgehead atoms. The fourth-order valence-corrected chi connectivity index (χ4v) is 5.72. The van der Waals surface area contributed by atoms with E-state index in [9.17, 15) is 14.4 Å². The zero-order chi connectivity index (χ0) is 23.2. The van der Waals surface area contributed by atoms with Crippen molar-refractivity contribution in [1.82, 2.24) is 15.1 Å². The number of hydrogen-bond donors (Lipinski definition) is 2. The molecule has 0 aromatic heterocycles. The number of nitrogens with two attached hydrogens (primary N) is 1. The first-order valence-electron chi connectivity index (χ1n) is 11.9. The molecule has 33 heavy (non-hydrogen) atoms. The van der Waals surface area contributed by atoms with E-state index < -0.39 is 17.7 Å². The van der Waals surface area contributed by atoms with E-state index in [2.05, 4.69) is 22.2 Å². The second-order valence-electron chi connectivity index (χ2n) is 9.89. The number of ketones is 1. The van der Waals surface area contributed by atoms with Gasteiger partial charge in [0.25, 0.3) is 5.91 Å². The van der Waals surface area contributed by atoms with Gasteiger partial charge in [-0.1, -0.05) is 12.8 Å². The second-order valence-corrected chi connectivity index (χ2v) is 9.89. The van der Waals surface area contributed by atoms with Crippen molar-refractivity contribution in [2.75, 3.05) is 51.3 Å². The Kier molecular flexibility index (Phi) is 5.88. The highest BCUT2D eigenvalue weighted by molar-refractivity contribution is 6.01. The minimum atomic E-state index is -0.995. The van der Waals surface area contributed by atoms with Gasteiger partial charge in [-0.2, -0.15) is 0 Å². The average Bonchev–Trinajstić information content (AvgIpc) is 3.53. The molecule has 9 heteroatoms. The van der Waals surface area contributed by atoms with Crippen LogP contribution in [0.2, 0.25) is 0 Å². The van der Waals surface area contributed by atoms with Gasteiger partial charge in [0.05, 0.1) is 6.04 Å². The molecule has 3 aliphatic heterocycles. The molecule has 2 amide bonds. The number of piperazine rings is 1. The molecule has 178 valence electrons. The summed E-state index contributed by atoms with van der Waals surface area (Å²) in [5.41, 5.74) is 6.80. The smallest absolute Gasteiger partial charge is 0.252 e. The number of likely N-dealkylation sites (tertiary alicyclic amines) is 1. The van der Waals surface area contributed by atoms with E-state index >= 15 is 0 Å². The van der Waals surface area contributed by atoms with Crippen LogP contribution in [0.3, 0.4) is 0 Å². The number of amides is 2. The van der Waals surface area contributed by atoms with Crippen LogP contribution in [-0.4, -0.2) is 97.5 Å². The first-order valence-corrected chi connectivity index (χ1v) is 11.9. The van der Waals surface area contributed by atoms with Crippen molar-refractivity contribution in [3.05, 3.63) is 29.8 Å². The van der Waals surface area contributed by atoms with Gasteiger partial charge in [-0.05, 0) is 44.2 Å². The highest BCUT2D eigenvalue weighted by Gasteiger charge is 2.55. The predicted molar refractivity (Wildman–Crippen MR) is 123 cm³/mol. The Morgan fingerprint density at radius 1 is 1.09 bits per heavy atom. The normalized spacial score (nSPS) is 29.4. The lowest BCUT2D eigenvalue weighted by atomic mass is 9.93. The van der Waals surface area contributed by atoms with Crippen molar-refractivity contribution in [3.8, 4) is 0 Å². The van der Waals surface area contributed by atoms with Crippen LogP contribution in [0.25, 0.3) is 0 Å². The molecule has 3 N–H and O–H groups in total. The standard InChI is InChI=1S/C24H33N5O4/c1-27-10-12-28(13-11-27)17-6-4-16(5-7-17)22(31)26-24(8-2-3-9-24)23(32)29-14-18(25)21-20(29)19(30)15-33-21/h4-7,18,20-21H,2-3,8-15,25H2,1H3,(H,26,31)/t18-,20-,21-/m1/s1. The van der Waals surface area contributed by atoms with Crippen molar-refractivity contribution in [3.63, 3.8) is 0 Å². The third kappa shape index (κ3) is 4.02. The van der Waals surface area contributed by atoms with Crippen LogP contribution >= 0.6 is 0 Å². The number of hydrogen-bond acceptors (Lipinski definition) is 7. The van der Waals surface area contributed by atoms with Crippen molar-refractivity contribution < 1.29 is 19.1 Å². The van der Waals surface area contributed by atoms with Gasteiger partial charge in [-0.25, -0.2) is 0 Å². The molecule has 4 aliphatic rings. The van der Waals surface area contributed by atoms with Crippen LogP contribution in [0.5, 0.6) is 0 Å². The SMILES string of the molecule is CN1CCN(c2ccc(C(=O)NC3(C(=O)N4C[C@@H](N)[C@H]5OCC(=O)[C@H]54)CCCC3)cc2)CC1.